The van der Waals surface area contributed by atoms with Crippen LogP contribution in [0.5, 0.6) is 0 Å². The topological polar surface area (TPSA) is 112 Å². The molecule has 7 nitrogen and oxygen atoms in total. The van der Waals surface area contributed by atoms with Crippen molar-refractivity contribution in [1.82, 2.24) is 16.0 Å². The lowest BCUT2D eigenvalue weighted by atomic mass is 9.43. The van der Waals surface area contributed by atoms with Gasteiger partial charge in [-0.3, -0.25) is 0 Å². The molecule has 7 heteroatoms. The fraction of sp³-hybridized carbons (Fsp3) is 1.00. The van der Waals surface area contributed by atoms with Crippen molar-refractivity contribution in [2.45, 2.75) is 129 Å². The van der Waals surface area contributed by atoms with Crippen LogP contribution in [-0.4, -0.2) is 75.0 Å². The van der Waals surface area contributed by atoms with Crippen LogP contribution < -0.4 is 21.7 Å². The van der Waals surface area contributed by atoms with Gasteiger partial charge >= 0.3 is 0 Å². The highest BCUT2D eigenvalue weighted by atomic mass is 16.6. The first-order chi connectivity index (χ1) is 20.2. The summed E-state index contributed by atoms with van der Waals surface area (Å²) in [5, 5.41) is 32.6. The molecule has 0 spiro atoms. The Labute approximate surface area is 258 Å². The number of nitrogens with one attached hydrogen (secondary N) is 3. The summed E-state index contributed by atoms with van der Waals surface area (Å²) in [5.41, 5.74) is 6.21. The molecule has 7 N–H and O–H groups in total. The number of nitrogens with two attached hydrogens (primary N) is 1. The van der Waals surface area contributed by atoms with E-state index in [2.05, 4.69) is 36.7 Å². The first-order valence-electron chi connectivity index (χ1n) is 18.0. The molecule has 4 rings (SSSR count). The summed E-state index contributed by atoms with van der Waals surface area (Å²) in [6, 6.07) is 0.557. The normalized spacial score (nSPS) is 39.4. The Bertz CT molecular complexity index is 787. The monoisotopic (exact) mass is 593 g/mol. The molecule has 0 aromatic carbocycles. The lowest BCUT2D eigenvalue weighted by Gasteiger charge is -2.62. The van der Waals surface area contributed by atoms with Crippen molar-refractivity contribution in [3.05, 3.63) is 0 Å². The number of rotatable bonds is 18. The fourth-order valence-corrected chi connectivity index (χ4v) is 10.7. The third-order valence-corrected chi connectivity index (χ3v) is 13.1. The molecule has 4 saturated carbocycles. The molecule has 4 aliphatic rings. The predicted molar refractivity (Wildman–Crippen MR) is 173 cm³/mol. The van der Waals surface area contributed by atoms with E-state index in [-0.39, 0.29) is 11.5 Å². The zero-order chi connectivity index (χ0) is 30.2. The van der Waals surface area contributed by atoms with E-state index in [1.807, 2.05) is 0 Å². The van der Waals surface area contributed by atoms with E-state index < -0.39 is 6.29 Å². The number of methoxy groups -OCH3 is 1. The minimum absolute atomic E-state index is 0.150. The zero-order valence-electron chi connectivity index (χ0n) is 27.7. The first kappa shape index (κ1) is 34.6. The Balaban J connectivity index is 1.20. The van der Waals surface area contributed by atoms with Gasteiger partial charge in [0.2, 0.25) is 0 Å². The molecular formula is C35H68N4O3. The maximum Gasteiger partial charge on any atom is 0.154 e. The Kier molecular flexibility index (Phi) is 13.4. The van der Waals surface area contributed by atoms with Gasteiger partial charge in [-0.15, -0.1) is 0 Å². The van der Waals surface area contributed by atoms with Gasteiger partial charge in [-0.25, -0.2) is 0 Å². The number of ether oxygens (including phenoxy) is 1. The van der Waals surface area contributed by atoms with Crippen LogP contribution in [-0.2, 0) is 4.74 Å². The van der Waals surface area contributed by atoms with E-state index in [1.165, 1.54) is 57.8 Å². The van der Waals surface area contributed by atoms with Crippen LogP contribution in [0.4, 0.5) is 0 Å². The van der Waals surface area contributed by atoms with E-state index in [1.54, 1.807) is 7.11 Å². The Hall–Kier alpha value is -0.280. The van der Waals surface area contributed by atoms with Gasteiger partial charge in [0.25, 0.3) is 0 Å². The van der Waals surface area contributed by atoms with Gasteiger partial charge in [-0.2, -0.15) is 0 Å². The van der Waals surface area contributed by atoms with Gasteiger partial charge in [0.1, 0.15) is 0 Å². The molecule has 0 bridgehead atoms. The van der Waals surface area contributed by atoms with E-state index in [9.17, 15) is 10.2 Å². The summed E-state index contributed by atoms with van der Waals surface area (Å²) in [7, 11) is 1.60. The van der Waals surface area contributed by atoms with Crippen LogP contribution in [0.25, 0.3) is 0 Å². The summed E-state index contributed by atoms with van der Waals surface area (Å²) in [6.45, 7) is 13.7. The summed E-state index contributed by atoms with van der Waals surface area (Å²) in [5.74, 6) is 3.99. The van der Waals surface area contributed by atoms with Gasteiger partial charge < -0.3 is 36.6 Å². The summed E-state index contributed by atoms with van der Waals surface area (Å²) < 4.78 is 5.12. The van der Waals surface area contributed by atoms with Gasteiger partial charge in [0, 0.05) is 13.2 Å². The average molecular weight is 593 g/mol. The lowest BCUT2D eigenvalue weighted by molar-refractivity contribution is -0.163. The molecule has 0 saturated heterocycles. The molecule has 4 fully saturated rings. The number of aliphatic hydroxyl groups excluding tert-OH is 2. The smallest absolute Gasteiger partial charge is 0.154 e. The first-order valence-corrected chi connectivity index (χ1v) is 18.0. The maximum atomic E-state index is 11.7. The van der Waals surface area contributed by atoms with Crippen LogP contribution in [0, 0.1) is 46.3 Å². The average Bonchev–Trinajstić information content (AvgIpc) is 3.34. The van der Waals surface area contributed by atoms with Crippen LogP contribution >= 0.6 is 0 Å². The maximum absolute atomic E-state index is 11.7. The molecule has 0 aromatic heterocycles. The second-order valence-electron chi connectivity index (χ2n) is 15.4. The molecule has 0 radical (unpaired) electrons. The van der Waals surface area contributed by atoms with Crippen LogP contribution in [0.15, 0.2) is 0 Å². The SMILES string of the molecule is COC(O)CCC(C)C1CCC2C3CC(O)C4CC(NCCCNCCCCNCCCN)CCC4(C)C3CCC12C. The quantitative estimate of drug-likeness (QED) is 0.101. The standard InChI is InChI=1S/C35H68N4O3/c1-25(9-12-33(41)42-4)28-10-11-29-27-24-32(40)31-23-26(13-15-35(31,3)30(27)14-16-34(28,29)2)39-22-8-21-38-19-6-5-18-37-20-7-17-36/h25-33,37-41H,5-24,36H2,1-4H3. The highest BCUT2D eigenvalue weighted by Gasteiger charge is 2.62. The summed E-state index contributed by atoms with van der Waals surface area (Å²) in [6.07, 6.45) is 15.7. The van der Waals surface area contributed by atoms with Crippen LogP contribution in [0.1, 0.15) is 111 Å². The molecular weight excluding hydrogens is 524 g/mol. The van der Waals surface area contributed by atoms with E-state index in [4.69, 9.17) is 10.5 Å². The van der Waals surface area contributed by atoms with Crippen molar-refractivity contribution in [2.24, 2.45) is 52.1 Å². The number of fused-ring (bicyclic) bond motifs is 5. The number of hydrogen-bond donors (Lipinski definition) is 6. The second-order valence-corrected chi connectivity index (χ2v) is 15.4. The third-order valence-electron chi connectivity index (χ3n) is 13.1. The highest BCUT2D eigenvalue weighted by molar-refractivity contribution is 5.11. The van der Waals surface area contributed by atoms with Crippen molar-refractivity contribution in [3.8, 4) is 0 Å². The number of aliphatic hydroxyl groups is 2. The highest BCUT2D eigenvalue weighted by Crippen LogP contribution is 2.68. The molecule has 0 amide bonds. The number of hydrogen-bond acceptors (Lipinski definition) is 7. The lowest BCUT2D eigenvalue weighted by Crippen LogP contribution is -2.59. The molecule has 11 unspecified atom stereocenters. The Morgan fingerprint density at radius 3 is 2.19 bits per heavy atom. The van der Waals surface area contributed by atoms with Crippen molar-refractivity contribution in [3.63, 3.8) is 0 Å². The van der Waals surface area contributed by atoms with Crippen molar-refractivity contribution < 1.29 is 14.9 Å². The Morgan fingerprint density at radius 1 is 0.810 bits per heavy atom. The van der Waals surface area contributed by atoms with Gasteiger partial charge in [-0.05, 0) is 175 Å². The molecule has 11 atom stereocenters. The number of unbranched alkanes of at least 4 members (excludes halogenated alkanes) is 1. The Morgan fingerprint density at radius 2 is 1.48 bits per heavy atom. The molecule has 0 aromatic rings. The van der Waals surface area contributed by atoms with Crippen molar-refractivity contribution in [1.29, 1.82) is 0 Å². The molecule has 42 heavy (non-hydrogen) atoms. The largest absolute Gasteiger partial charge is 0.393 e. The van der Waals surface area contributed by atoms with Crippen LogP contribution in [0.3, 0.4) is 0 Å². The van der Waals surface area contributed by atoms with Crippen LogP contribution in [0.2, 0.25) is 0 Å². The van der Waals surface area contributed by atoms with E-state index in [0.717, 1.165) is 89.1 Å². The van der Waals surface area contributed by atoms with Gasteiger partial charge in [0.15, 0.2) is 6.29 Å². The minimum atomic E-state index is -0.630. The van der Waals surface area contributed by atoms with Crippen molar-refractivity contribution >= 4 is 0 Å². The van der Waals surface area contributed by atoms with Gasteiger partial charge in [-0.1, -0.05) is 20.8 Å². The van der Waals surface area contributed by atoms with E-state index in [0.29, 0.717) is 29.2 Å². The minimum Gasteiger partial charge on any atom is -0.393 e. The molecule has 4 aliphatic carbocycles. The fourth-order valence-electron chi connectivity index (χ4n) is 10.7. The van der Waals surface area contributed by atoms with Gasteiger partial charge in [0.05, 0.1) is 6.10 Å². The van der Waals surface area contributed by atoms with E-state index >= 15 is 0 Å². The predicted octanol–water partition coefficient (Wildman–Crippen LogP) is 4.65. The molecule has 246 valence electrons. The summed E-state index contributed by atoms with van der Waals surface area (Å²) >= 11 is 0. The second kappa shape index (κ2) is 16.3. The zero-order valence-corrected chi connectivity index (χ0v) is 27.7. The summed E-state index contributed by atoms with van der Waals surface area (Å²) in [4.78, 5) is 0. The van der Waals surface area contributed by atoms with Crippen molar-refractivity contribution in [2.75, 3.05) is 46.4 Å². The molecule has 0 heterocycles. The third kappa shape index (κ3) is 8.10. The molecule has 0 aliphatic heterocycles.